The first kappa shape index (κ1) is 30.0. The molecular formula is C25H35NO9. The Balaban J connectivity index is 0.000000518. The quantitative estimate of drug-likeness (QED) is 0.213. The van der Waals surface area contributed by atoms with Gasteiger partial charge in [0.2, 0.25) is 0 Å². The van der Waals surface area contributed by atoms with Crippen LogP contribution in [0.3, 0.4) is 0 Å². The summed E-state index contributed by atoms with van der Waals surface area (Å²) in [5.74, 6) is -2.91. The van der Waals surface area contributed by atoms with Gasteiger partial charge in [0.05, 0.1) is 6.10 Å². The topological polar surface area (TPSA) is 177 Å². The van der Waals surface area contributed by atoms with E-state index in [1.165, 1.54) is 5.56 Å². The lowest BCUT2D eigenvalue weighted by atomic mass is 10.0. The molecule has 0 bridgehead atoms. The highest BCUT2D eigenvalue weighted by Gasteiger charge is 2.29. The Morgan fingerprint density at radius 1 is 0.857 bits per heavy atom. The number of nitrogens with one attached hydrogen (secondary N) is 1. The van der Waals surface area contributed by atoms with E-state index in [2.05, 4.69) is 17.4 Å². The van der Waals surface area contributed by atoms with Gasteiger partial charge in [0.1, 0.15) is 18.5 Å². The van der Waals surface area contributed by atoms with Crippen molar-refractivity contribution in [3.05, 3.63) is 65.7 Å². The first-order valence-corrected chi connectivity index (χ1v) is 11.2. The van der Waals surface area contributed by atoms with E-state index in [0.29, 0.717) is 24.8 Å². The largest absolute Gasteiger partial charge is 0.490 e. The molecule has 0 radical (unpaired) electrons. The second kappa shape index (κ2) is 15.8. The molecule has 10 nitrogen and oxygen atoms in total. The summed E-state index contributed by atoms with van der Waals surface area (Å²) in [6, 6.07) is 17.9. The fourth-order valence-electron chi connectivity index (χ4n) is 2.88. The number of hydrogen-bond donors (Lipinski definition) is 7. The van der Waals surface area contributed by atoms with Gasteiger partial charge in [-0.3, -0.25) is 0 Å². The standard InChI is InChI=1S/C21H29NO3.C4H6O6/c1-16(2)22-14-18(23)15-25-21-11-7-6-10-19(21)20(24)13-12-17-8-4-3-5-9-17;5-1(3(7)8)2(6)4(9)10/h3-11,16,18,20,22-24H,12-15H2,1-2H3;1-2,5-6H,(H,7,8)(H,9,10). The molecule has 2 aromatic rings. The number of rotatable bonds is 13. The van der Waals surface area contributed by atoms with E-state index < -0.39 is 36.4 Å². The number of hydrogen-bond acceptors (Lipinski definition) is 8. The smallest absolute Gasteiger partial charge is 0.335 e. The van der Waals surface area contributed by atoms with E-state index in [9.17, 15) is 19.8 Å². The number of carboxylic acid groups (broad SMARTS) is 2. The molecule has 0 spiro atoms. The number of carbonyl (C=O) groups is 2. The van der Waals surface area contributed by atoms with Crippen LogP contribution in [-0.4, -0.2) is 80.1 Å². The molecule has 4 unspecified atom stereocenters. The van der Waals surface area contributed by atoms with E-state index in [0.717, 1.165) is 12.0 Å². The van der Waals surface area contributed by atoms with Crippen LogP contribution in [-0.2, 0) is 16.0 Å². The summed E-state index contributed by atoms with van der Waals surface area (Å²) in [4.78, 5) is 19.5. The molecule has 0 aromatic heterocycles. The third-order valence-electron chi connectivity index (χ3n) is 4.83. The van der Waals surface area contributed by atoms with Crippen molar-refractivity contribution >= 4 is 11.9 Å². The summed E-state index contributed by atoms with van der Waals surface area (Å²) in [6.07, 6.45) is -4.28. The van der Waals surface area contributed by atoms with Gasteiger partial charge in [-0.25, -0.2) is 9.59 Å². The van der Waals surface area contributed by atoms with Crippen LogP contribution in [0.1, 0.15) is 37.5 Å². The third-order valence-corrected chi connectivity index (χ3v) is 4.83. The Kier molecular flexibility index (Phi) is 13.5. The van der Waals surface area contributed by atoms with E-state index in [4.69, 9.17) is 25.2 Å². The first-order chi connectivity index (χ1) is 16.5. The molecule has 35 heavy (non-hydrogen) atoms. The molecule has 4 atom stereocenters. The molecule has 0 fully saturated rings. The SMILES string of the molecule is CC(C)NCC(O)COc1ccccc1C(O)CCc1ccccc1.O=C(O)C(O)C(O)C(=O)O. The van der Waals surface area contributed by atoms with Crippen molar-refractivity contribution in [2.24, 2.45) is 0 Å². The number of carboxylic acids is 2. The van der Waals surface area contributed by atoms with Crippen molar-refractivity contribution in [3.8, 4) is 5.75 Å². The molecule has 0 saturated carbocycles. The number of aliphatic hydroxyl groups is 4. The Morgan fingerprint density at radius 2 is 1.40 bits per heavy atom. The number of aliphatic carboxylic acids is 2. The highest BCUT2D eigenvalue weighted by molar-refractivity contribution is 5.83. The maximum absolute atomic E-state index is 10.5. The molecule has 0 aliphatic rings. The van der Waals surface area contributed by atoms with Gasteiger partial charge in [-0.2, -0.15) is 0 Å². The van der Waals surface area contributed by atoms with Crippen molar-refractivity contribution in [2.45, 2.75) is 57.1 Å². The van der Waals surface area contributed by atoms with Crippen LogP contribution in [0.5, 0.6) is 5.75 Å². The summed E-state index contributed by atoms with van der Waals surface area (Å²) in [5.41, 5.74) is 1.97. The lowest BCUT2D eigenvalue weighted by Gasteiger charge is -2.19. The van der Waals surface area contributed by atoms with Gasteiger partial charge in [0, 0.05) is 18.2 Å². The van der Waals surface area contributed by atoms with Crippen molar-refractivity contribution < 1.29 is 45.0 Å². The zero-order valence-corrected chi connectivity index (χ0v) is 19.8. The van der Waals surface area contributed by atoms with Gasteiger partial charge in [-0.15, -0.1) is 0 Å². The van der Waals surface area contributed by atoms with Gasteiger partial charge in [0.25, 0.3) is 0 Å². The average molecular weight is 494 g/mol. The molecule has 2 rings (SSSR count). The molecule has 194 valence electrons. The summed E-state index contributed by atoms with van der Waals surface area (Å²) < 4.78 is 5.75. The van der Waals surface area contributed by atoms with Crippen LogP contribution in [0, 0.1) is 0 Å². The van der Waals surface area contributed by atoms with Crippen LogP contribution in [0.4, 0.5) is 0 Å². The van der Waals surface area contributed by atoms with E-state index >= 15 is 0 Å². The van der Waals surface area contributed by atoms with Crippen LogP contribution in [0.2, 0.25) is 0 Å². The van der Waals surface area contributed by atoms with Gasteiger partial charge in [-0.1, -0.05) is 62.4 Å². The van der Waals surface area contributed by atoms with E-state index in [-0.39, 0.29) is 6.61 Å². The van der Waals surface area contributed by atoms with Gasteiger partial charge >= 0.3 is 11.9 Å². The summed E-state index contributed by atoms with van der Waals surface area (Å²) >= 11 is 0. The number of aryl methyl sites for hydroxylation is 1. The third kappa shape index (κ3) is 11.8. The van der Waals surface area contributed by atoms with Crippen molar-refractivity contribution in [1.82, 2.24) is 5.32 Å². The minimum atomic E-state index is -2.27. The lowest BCUT2D eigenvalue weighted by Crippen LogP contribution is -2.39. The lowest BCUT2D eigenvalue weighted by molar-refractivity contribution is -0.165. The maximum Gasteiger partial charge on any atom is 0.335 e. The minimum absolute atomic E-state index is 0.197. The zero-order valence-electron chi connectivity index (χ0n) is 19.8. The van der Waals surface area contributed by atoms with Gasteiger partial charge < -0.3 is 40.7 Å². The number of para-hydroxylation sites is 1. The highest BCUT2D eigenvalue weighted by atomic mass is 16.5. The van der Waals surface area contributed by atoms with Gasteiger partial charge in [0.15, 0.2) is 12.2 Å². The first-order valence-electron chi connectivity index (χ1n) is 11.2. The second-order valence-electron chi connectivity index (χ2n) is 8.17. The van der Waals surface area contributed by atoms with Crippen LogP contribution >= 0.6 is 0 Å². The zero-order chi connectivity index (χ0) is 26.4. The predicted molar refractivity (Wildman–Crippen MR) is 128 cm³/mol. The highest BCUT2D eigenvalue weighted by Crippen LogP contribution is 2.28. The fraction of sp³-hybridized carbons (Fsp3) is 0.440. The minimum Gasteiger partial charge on any atom is -0.490 e. The molecule has 0 amide bonds. The predicted octanol–water partition coefficient (Wildman–Crippen LogP) is 0.968. The van der Waals surface area contributed by atoms with Crippen LogP contribution in [0.15, 0.2) is 54.6 Å². The van der Waals surface area contributed by atoms with Crippen LogP contribution < -0.4 is 10.1 Å². The Bertz CT molecular complexity index is 874. The molecule has 10 heteroatoms. The van der Waals surface area contributed by atoms with Crippen molar-refractivity contribution in [3.63, 3.8) is 0 Å². The van der Waals surface area contributed by atoms with Crippen molar-refractivity contribution in [2.75, 3.05) is 13.2 Å². The molecule has 2 aromatic carbocycles. The maximum atomic E-state index is 10.5. The van der Waals surface area contributed by atoms with Gasteiger partial charge in [-0.05, 0) is 24.5 Å². The summed E-state index contributed by atoms with van der Waals surface area (Å²) in [7, 11) is 0. The van der Waals surface area contributed by atoms with E-state index in [1.807, 2.05) is 56.3 Å². The molecule has 0 aliphatic carbocycles. The molecule has 0 aliphatic heterocycles. The van der Waals surface area contributed by atoms with Crippen molar-refractivity contribution in [1.29, 1.82) is 0 Å². The Morgan fingerprint density at radius 3 is 1.94 bits per heavy atom. The monoisotopic (exact) mass is 493 g/mol. The number of ether oxygens (including phenoxy) is 1. The molecule has 0 saturated heterocycles. The number of aliphatic hydroxyl groups excluding tert-OH is 4. The molecular weight excluding hydrogens is 458 g/mol. The second-order valence-corrected chi connectivity index (χ2v) is 8.17. The average Bonchev–Trinajstić information content (AvgIpc) is 2.84. The summed E-state index contributed by atoms with van der Waals surface area (Å²) in [5, 5.41) is 56.2. The summed E-state index contributed by atoms with van der Waals surface area (Å²) in [6.45, 7) is 4.75. The Hall–Kier alpha value is -3.02. The number of benzene rings is 2. The fourth-order valence-corrected chi connectivity index (χ4v) is 2.88. The molecule has 7 N–H and O–H groups in total. The molecule has 0 heterocycles. The normalized spacial score (nSPS) is 14.3. The van der Waals surface area contributed by atoms with E-state index in [1.54, 1.807) is 0 Å². The Labute approximate surface area is 204 Å². The van der Waals surface area contributed by atoms with Crippen LogP contribution in [0.25, 0.3) is 0 Å².